The Hall–Kier alpha value is -2.37. The predicted octanol–water partition coefficient (Wildman–Crippen LogP) is 2.55. The molecule has 0 aliphatic carbocycles. The Bertz CT molecular complexity index is 789. The quantitative estimate of drug-likeness (QED) is 0.647. The van der Waals surface area contributed by atoms with Crippen LogP contribution in [0.15, 0.2) is 42.7 Å². The van der Waals surface area contributed by atoms with Gasteiger partial charge in [0.1, 0.15) is 0 Å². The first-order valence-corrected chi connectivity index (χ1v) is 7.19. The second-order valence-electron chi connectivity index (χ2n) is 5.40. The van der Waals surface area contributed by atoms with E-state index in [0.29, 0.717) is 17.9 Å². The third-order valence-corrected chi connectivity index (χ3v) is 3.93. The van der Waals surface area contributed by atoms with Crippen LogP contribution in [0.2, 0.25) is 0 Å². The highest BCUT2D eigenvalue weighted by Gasteiger charge is 2.12. The fraction of sp³-hybridized carbons (Fsp3) is 0.235. The van der Waals surface area contributed by atoms with Gasteiger partial charge in [0.2, 0.25) is 0 Å². The summed E-state index contributed by atoms with van der Waals surface area (Å²) in [6.07, 6.45) is 1.70. The van der Waals surface area contributed by atoms with Crippen LogP contribution < -0.4 is 5.32 Å². The Labute approximate surface area is 128 Å². The van der Waals surface area contributed by atoms with Crippen molar-refractivity contribution >= 4 is 11.3 Å². The summed E-state index contributed by atoms with van der Waals surface area (Å²) in [6.45, 7) is 4.89. The largest absolute Gasteiger partial charge is 0.378 e. The van der Waals surface area contributed by atoms with Crippen molar-refractivity contribution in [3.05, 3.63) is 65.1 Å². The average Bonchev–Trinajstić information content (AvgIpc) is 2.91. The van der Waals surface area contributed by atoms with Crippen molar-refractivity contribution in [2.75, 3.05) is 5.32 Å². The number of rotatable bonds is 4. The number of benzene rings is 1. The maximum Gasteiger partial charge on any atom is 0.196 e. The van der Waals surface area contributed by atoms with Gasteiger partial charge in [-0.25, -0.2) is 4.98 Å². The Kier molecular flexibility index (Phi) is 3.83. The van der Waals surface area contributed by atoms with Crippen molar-refractivity contribution < 1.29 is 10.2 Å². The van der Waals surface area contributed by atoms with Crippen molar-refractivity contribution in [2.24, 2.45) is 0 Å². The van der Waals surface area contributed by atoms with E-state index in [1.807, 2.05) is 12.1 Å². The molecule has 0 radical (unpaired) electrons. The lowest BCUT2D eigenvalue weighted by Crippen LogP contribution is -2.06. The standard InChI is InChI=1S/C17H19N3O2/c1-11-5-3-6-12(2)13(11)9-18-14-7-4-8-20-15(17(21)22)10-19-16(14)20/h3-8,10,17-18,21-22H,9H2,1-2H3. The van der Waals surface area contributed by atoms with E-state index >= 15 is 0 Å². The molecule has 2 aromatic heterocycles. The Morgan fingerprint density at radius 2 is 1.86 bits per heavy atom. The smallest absolute Gasteiger partial charge is 0.196 e. The summed E-state index contributed by atoms with van der Waals surface area (Å²) in [6, 6.07) is 10.0. The summed E-state index contributed by atoms with van der Waals surface area (Å²) in [5.74, 6) is 0. The van der Waals surface area contributed by atoms with Gasteiger partial charge < -0.3 is 15.5 Å². The van der Waals surface area contributed by atoms with Crippen molar-refractivity contribution in [3.63, 3.8) is 0 Å². The van der Waals surface area contributed by atoms with E-state index < -0.39 is 6.29 Å². The maximum atomic E-state index is 9.36. The second kappa shape index (κ2) is 5.79. The molecule has 0 saturated carbocycles. The fourth-order valence-corrected chi connectivity index (χ4v) is 2.67. The molecule has 1 aromatic carbocycles. The highest BCUT2D eigenvalue weighted by molar-refractivity contribution is 5.68. The fourth-order valence-electron chi connectivity index (χ4n) is 2.67. The molecule has 0 amide bonds. The molecule has 0 aliphatic heterocycles. The monoisotopic (exact) mass is 297 g/mol. The molecule has 0 aliphatic rings. The first kappa shape index (κ1) is 14.6. The molecular weight excluding hydrogens is 278 g/mol. The third-order valence-electron chi connectivity index (χ3n) is 3.93. The number of nitrogens with zero attached hydrogens (tertiary/aromatic N) is 2. The molecule has 0 saturated heterocycles. The first-order chi connectivity index (χ1) is 10.6. The van der Waals surface area contributed by atoms with Gasteiger partial charge in [-0.15, -0.1) is 0 Å². The van der Waals surface area contributed by atoms with Crippen LogP contribution in [0, 0.1) is 13.8 Å². The molecule has 2 heterocycles. The number of fused-ring (bicyclic) bond motifs is 1. The van der Waals surface area contributed by atoms with Gasteiger partial charge >= 0.3 is 0 Å². The number of pyridine rings is 1. The van der Waals surface area contributed by atoms with Crippen LogP contribution in [0.3, 0.4) is 0 Å². The summed E-state index contributed by atoms with van der Waals surface area (Å²) < 4.78 is 1.68. The number of anilines is 1. The van der Waals surface area contributed by atoms with Gasteiger partial charge in [-0.1, -0.05) is 18.2 Å². The normalized spacial score (nSPS) is 11.3. The van der Waals surface area contributed by atoms with Crippen LogP contribution in [-0.4, -0.2) is 19.6 Å². The maximum absolute atomic E-state index is 9.36. The van der Waals surface area contributed by atoms with Gasteiger partial charge in [-0.2, -0.15) is 0 Å². The lowest BCUT2D eigenvalue weighted by atomic mass is 10.0. The van der Waals surface area contributed by atoms with Crippen molar-refractivity contribution in [1.82, 2.24) is 9.38 Å². The Morgan fingerprint density at radius 3 is 2.55 bits per heavy atom. The summed E-state index contributed by atoms with van der Waals surface area (Å²) >= 11 is 0. The minimum absolute atomic E-state index is 0.353. The number of hydrogen-bond donors (Lipinski definition) is 3. The highest BCUT2D eigenvalue weighted by atomic mass is 16.5. The van der Waals surface area contributed by atoms with E-state index in [-0.39, 0.29) is 0 Å². The molecule has 0 atom stereocenters. The van der Waals surface area contributed by atoms with Gasteiger partial charge in [0.15, 0.2) is 11.9 Å². The van der Waals surface area contributed by atoms with Gasteiger partial charge in [-0.3, -0.25) is 4.40 Å². The van der Waals surface area contributed by atoms with Crippen LogP contribution >= 0.6 is 0 Å². The van der Waals surface area contributed by atoms with E-state index in [0.717, 1.165) is 5.69 Å². The van der Waals surface area contributed by atoms with Crippen LogP contribution in [0.5, 0.6) is 0 Å². The van der Waals surface area contributed by atoms with Crippen molar-refractivity contribution in [1.29, 1.82) is 0 Å². The molecule has 5 heteroatoms. The van der Waals surface area contributed by atoms with Crippen LogP contribution in [0.1, 0.15) is 28.7 Å². The number of imidazole rings is 1. The predicted molar refractivity (Wildman–Crippen MR) is 85.6 cm³/mol. The van der Waals surface area contributed by atoms with Crippen LogP contribution in [-0.2, 0) is 6.54 Å². The topological polar surface area (TPSA) is 69.8 Å². The molecule has 0 fully saturated rings. The third kappa shape index (κ3) is 2.56. The zero-order valence-electron chi connectivity index (χ0n) is 12.6. The van der Waals surface area contributed by atoms with E-state index in [2.05, 4.69) is 42.3 Å². The molecule has 0 spiro atoms. The van der Waals surface area contributed by atoms with Crippen LogP contribution in [0.4, 0.5) is 5.69 Å². The summed E-state index contributed by atoms with van der Waals surface area (Å²) in [5, 5.41) is 22.1. The van der Waals surface area contributed by atoms with Gasteiger partial charge in [0.05, 0.1) is 17.6 Å². The lowest BCUT2D eigenvalue weighted by molar-refractivity contribution is -0.0464. The zero-order chi connectivity index (χ0) is 15.7. The van der Waals surface area contributed by atoms with E-state index in [4.69, 9.17) is 0 Å². The SMILES string of the molecule is Cc1cccc(C)c1CNc1cccn2c(C(O)O)cnc12. The van der Waals surface area contributed by atoms with Gasteiger partial charge in [0.25, 0.3) is 0 Å². The summed E-state index contributed by atoms with van der Waals surface area (Å²) in [4.78, 5) is 4.28. The minimum atomic E-state index is -1.54. The minimum Gasteiger partial charge on any atom is -0.378 e. The number of aliphatic hydroxyl groups is 2. The molecule has 114 valence electrons. The molecular formula is C17H19N3O2. The molecule has 5 nitrogen and oxygen atoms in total. The number of hydrogen-bond acceptors (Lipinski definition) is 4. The van der Waals surface area contributed by atoms with E-state index in [1.165, 1.54) is 22.9 Å². The molecule has 3 aromatic rings. The summed E-state index contributed by atoms with van der Waals surface area (Å²) in [5.41, 5.74) is 5.64. The molecule has 0 bridgehead atoms. The lowest BCUT2D eigenvalue weighted by Gasteiger charge is -2.13. The zero-order valence-corrected chi connectivity index (χ0v) is 12.6. The molecule has 0 unspecified atom stereocenters. The van der Waals surface area contributed by atoms with Crippen molar-refractivity contribution in [2.45, 2.75) is 26.7 Å². The number of aliphatic hydroxyl groups excluding tert-OH is 1. The Balaban J connectivity index is 1.92. The first-order valence-electron chi connectivity index (χ1n) is 7.19. The Morgan fingerprint density at radius 1 is 1.14 bits per heavy atom. The van der Waals surface area contributed by atoms with Gasteiger partial charge in [-0.05, 0) is 42.7 Å². The summed E-state index contributed by atoms with van der Waals surface area (Å²) in [7, 11) is 0. The van der Waals surface area contributed by atoms with E-state index in [9.17, 15) is 10.2 Å². The number of aromatic nitrogens is 2. The highest BCUT2D eigenvalue weighted by Crippen LogP contribution is 2.22. The number of nitrogens with one attached hydrogen (secondary N) is 1. The molecule has 3 rings (SSSR count). The van der Waals surface area contributed by atoms with Crippen LogP contribution in [0.25, 0.3) is 5.65 Å². The second-order valence-corrected chi connectivity index (χ2v) is 5.40. The van der Waals surface area contributed by atoms with E-state index in [1.54, 1.807) is 10.6 Å². The molecule has 22 heavy (non-hydrogen) atoms. The average molecular weight is 297 g/mol. The van der Waals surface area contributed by atoms with Crippen molar-refractivity contribution in [3.8, 4) is 0 Å². The number of aryl methyl sites for hydroxylation is 2. The van der Waals surface area contributed by atoms with Gasteiger partial charge in [0, 0.05) is 12.7 Å². The molecule has 3 N–H and O–H groups in total.